The SMILES string of the molecule is O=C(O)CCCCCn1c(-c2ccccc2OCC2CCC(Cl)C2)nc2cc(F)c(F)cc21. The molecule has 33 heavy (non-hydrogen) atoms. The summed E-state index contributed by atoms with van der Waals surface area (Å²) in [5.74, 6) is -1.06. The normalized spacial score (nSPS) is 18.2. The molecule has 2 aromatic carbocycles. The Balaban J connectivity index is 1.63. The number of unbranched alkanes of at least 4 members (excludes halogenated alkanes) is 2. The number of hydrogen-bond donors (Lipinski definition) is 1. The largest absolute Gasteiger partial charge is 0.493 e. The highest BCUT2D eigenvalue weighted by Crippen LogP contribution is 2.35. The van der Waals surface area contributed by atoms with Crippen LogP contribution in [-0.4, -0.2) is 32.6 Å². The summed E-state index contributed by atoms with van der Waals surface area (Å²) < 4.78 is 36.0. The topological polar surface area (TPSA) is 64.3 Å². The van der Waals surface area contributed by atoms with Crippen molar-refractivity contribution in [3.63, 3.8) is 0 Å². The minimum Gasteiger partial charge on any atom is -0.493 e. The quantitative estimate of drug-likeness (QED) is 0.271. The summed E-state index contributed by atoms with van der Waals surface area (Å²) in [6.45, 7) is 1.06. The van der Waals surface area contributed by atoms with Crippen molar-refractivity contribution in [2.45, 2.75) is 56.9 Å². The number of nitrogens with zero attached hydrogens (tertiary/aromatic N) is 2. The van der Waals surface area contributed by atoms with Crippen LogP contribution in [0, 0.1) is 17.6 Å². The van der Waals surface area contributed by atoms with Gasteiger partial charge in [0.15, 0.2) is 11.6 Å². The highest BCUT2D eigenvalue weighted by molar-refractivity contribution is 6.20. The van der Waals surface area contributed by atoms with Gasteiger partial charge in [0.2, 0.25) is 0 Å². The first-order valence-electron chi connectivity index (χ1n) is 11.4. The van der Waals surface area contributed by atoms with E-state index in [1.807, 2.05) is 28.8 Å². The van der Waals surface area contributed by atoms with E-state index in [4.69, 9.17) is 21.4 Å². The maximum absolute atomic E-state index is 14.1. The van der Waals surface area contributed by atoms with E-state index in [1.54, 1.807) is 0 Å². The number of imidazole rings is 1. The van der Waals surface area contributed by atoms with Crippen molar-refractivity contribution in [1.29, 1.82) is 0 Å². The molecule has 1 N–H and O–H groups in total. The number of carboxylic acid groups (broad SMARTS) is 1. The molecule has 3 aromatic rings. The number of aromatic nitrogens is 2. The van der Waals surface area contributed by atoms with E-state index in [2.05, 4.69) is 4.98 Å². The van der Waals surface area contributed by atoms with Crippen LogP contribution in [0.5, 0.6) is 5.75 Å². The number of benzene rings is 2. The number of ether oxygens (including phenoxy) is 1. The lowest BCUT2D eigenvalue weighted by atomic mass is 10.1. The van der Waals surface area contributed by atoms with Crippen LogP contribution in [0.15, 0.2) is 36.4 Å². The highest BCUT2D eigenvalue weighted by atomic mass is 35.5. The third kappa shape index (κ3) is 5.64. The minimum absolute atomic E-state index is 0.109. The number of aryl methyl sites for hydroxylation is 1. The van der Waals surface area contributed by atoms with Gasteiger partial charge in [-0.2, -0.15) is 0 Å². The van der Waals surface area contributed by atoms with E-state index in [1.165, 1.54) is 6.07 Å². The van der Waals surface area contributed by atoms with Gasteiger partial charge in [-0.25, -0.2) is 13.8 Å². The summed E-state index contributed by atoms with van der Waals surface area (Å²) in [5, 5.41) is 9.05. The van der Waals surface area contributed by atoms with Crippen LogP contribution in [-0.2, 0) is 11.3 Å². The van der Waals surface area contributed by atoms with E-state index in [0.717, 1.165) is 30.9 Å². The van der Waals surface area contributed by atoms with Crippen molar-refractivity contribution >= 4 is 28.6 Å². The molecule has 5 nitrogen and oxygen atoms in total. The summed E-state index contributed by atoms with van der Waals surface area (Å²) in [6.07, 6.45) is 5.01. The lowest BCUT2D eigenvalue weighted by Gasteiger charge is -2.16. The highest BCUT2D eigenvalue weighted by Gasteiger charge is 2.24. The fraction of sp³-hybridized carbons (Fsp3) is 0.440. The molecule has 4 rings (SSSR count). The van der Waals surface area contributed by atoms with Gasteiger partial charge in [-0.15, -0.1) is 11.6 Å². The molecule has 1 aliphatic rings. The number of fused-ring (bicyclic) bond motifs is 1. The predicted octanol–water partition coefficient (Wildman–Crippen LogP) is 6.41. The fourth-order valence-corrected chi connectivity index (χ4v) is 4.80. The van der Waals surface area contributed by atoms with Crippen LogP contribution in [0.4, 0.5) is 8.78 Å². The Kier molecular flexibility index (Phi) is 7.48. The molecule has 176 valence electrons. The first-order valence-corrected chi connectivity index (χ1v) is 11.8. The van der Waals surface area contributed by atoms with Crippen molar-refractivity contribution in [3.8, 4) is 17.1 Å². The molecule has 0 bridgehead atoms. The molecule has 8 heteroatoms. The van der Waals surface area contributed by atoms with Crippen LogP contribution in [0.3, 0.4) is 0 Å². The number of rotatable bonds is 10. The van der Waals surface area contributed by atoms with Gasteiger partial charge < -0.3 is 14.4 Å². The Bertz CT molecular complexity index is 1130. The number of hydrogen-bond acceptors (Lipinski definition) is 3. The van der Waals surface area contributed by atoms with E-state index in [-0.39, 0.29) is 11.8 Å². The zero-order valence-electron chi connectivity index (χ0n) is 18.3. The summed E-state index contributed by atoms with van der Waals surface area (Å²) in [4.78, 5) is 15.4. The number of halogens is 3. The molecule has 0 saturated heterocycles. The summed E-state index contributed by atoms with van der Waals surface area (Å²) in [6, 6.07) is 9.81. The van der Waals surface area contributed by atoms with Crippen molar-refractivity contribution < 1.29 is 23.4 Å². The van der Waals surface area contributed by atoms with Gasteiger partial charge in [0.25, 0.3) is 0 Å². The first kappa shape index (κ1) is 23.5. The minimum atomic E-state index is -0.943. The number of para-hydroxylation sites is 1. The van der Waals surface area contributed by atoms with Gasteiger partial charge in [0, 0.05) is 30.5 Å². The van der Waals surface area contributed by atoms with Crippen LogP contribution >= 0.6 is 11.6 Å². The zero-order chi connectivity index (χ0) is 23.4. The van der Waals surface area contributed by atoms with E-state index >= 15 is 0 Å². The lowest BCUT2D eigenvalue weighted by molar-refractivity contribution is -0.137. The number of carboxylic acids is 1. The van der Waals surface area contributed by atoms with Gasteiger partial charge in [0.1, 0.15) is 11.6 Å². The van der Waals surface area contributed by atoms with Crippen molar-refractivity contribution in [2.24, 2.45) is 5.92 Å². The molecule has 1 heterocycles. The van der Waals surface area contributed by atoms with Crippen LogP contribution in [0.25, 0.3) is 22.4 Å². The maximum Gasteiger partial charge on any atom is 0.303 e. The molecule has 0 aliphatic heterocycles. The number of aliphatic carboxylic acids is 1. The Morgan fingerprint density at radius 3 is 2.70 bits per heavy atom. The average Bonchev–Trinajstić information content (AvgIpc) is 3.35. The lowest BCUT2D eigenvalue weighted by Crippen LogP contribution is -2.10. The van der Waals surface area contributed by atoms with E-state index in [9.17, 15) is 13.6 Å². The summed E-state index contributed by atoms with van der Waals surface area (Å²) in [5.41, 5.74) is 1.61. The number of carbonyl (C=O) groups is 1. The molecular weight excluding hydrogens is 450 g/mol. The predicted molar refractivity (Wildman–Crippen MR) is 124 cm³/mol. The van der Waals surface area contributed by atoms with E-state index < -0.39 is 17.6 Å². The third-order valence-corrected chi connectivity index (χ3v) is 6.54. The fourth-order valence-electron chi connectivity index (χ4n) is 4.43. The van der Waals surface area contributed by atoms with E-state index in [0.29, 0.717) is 60.9 Å². The van der Waals surface area contributed by atoms with Gasteiger partial charge in [-0.1, -0.05) is 18.6 Å². The molecule has 1 aromatic heterocycles. The smallest absolute Gasteiger partial charge is 0.303 e. The molecule has 0 amide bonds. The maximum atomic E-state index is 14.1. The molecule has 1 aliphatic carbocycles. The third-order valence-electron chi connectivity index (χ3n) is 6.14. The second kappa shape index (κ2) is 10.5. The molecule has 0 radical (unpaired) electrons. The second-order valence-corrected chi connectivity index (χ2v) is 9.25. The van der Waals surface area contributed by atoms with Crippen molar-refractivity contribution in [1.82, 2.24) is 9.55 Å². The van der Waals surface area contributed by atoms with Crippen LogP contribution < -0.4 is 4.74 Å². The van der Waals surface area contributed by atoms with Gasteiger partial charge >= 0.3 is 5.97 Å². The van der Waals surface area contributed by atoms with Crippen LogP contribution in [0.1, 0.15) is 44.9 Å². The molecule has 2 unspecified atom stereocenters. The Morgan fingerprint density at radius 2 is 1.94 bits per heavy atom. The van der Waals surface area contributed by atoms with Gasteiger partial charge in [-0.3, -0.25) is 4.79 Å². The average molecular weight is 477 g/mol. The Labute approximate surface area is 196 Å². The second-order valence-electron chi connectivity index (χ2n) is 8.63. The summed E-state index contributed by atoms with van der Waals surface area (Å²) >= 11 is 6.23. The van der Waals surface area contributed by atoms with Crippen LogP contribution in [0.2, 0.25) is 0 Å². The molecule has 2 atom stereocenters. The first-order chi connectivity index (χ1) is 15.9. The van der Waals surface area contributed by atoms with Crippen molar-refractivity contribution in [2.75, 3.05) is 6.61 Å². The molecule has 1 fully saturated rings. The molecular formula is C25H27ClF2N2O3. The Hall–Kier alpha value is -2.67. The summed E-state index contributed by atoms with van der Waals surface area (Å²) in [7, 11) is 0. The van der Waals surface area contributed by atoms with Gasteiger partial charge in [-0.05, 0) is 50.2 Å². The van der Waals surface area contributed by atoms with Gasteiger partial charge in [0.05, 0.1) is 23.2 Å². The number of alkyl halides is 1. The standard InChI is InChI=1S/C25H27ClF2N2O3/c26-17-10-9-16(12-17)15-33-23-7-4-3-6-18(23)25-29-21-13-19(27)20(28)14-22(21)30(25)11-5-1-2-8-24(31)32/h3-4,6-7,13-14,16-17H,1-2,5,8-12,15H2,(H,31,32). The molecule has 0 spiro atoms. The zero-order valence-corrected chi connectivity index (χ0v) is 19.0. The molecule has 1 saturated carbocycles. The monoisotopic (exact) mass is 476 g/mol. The van der Waals surface area contributed by atoms with Crippen molar-refractivity contribution in [3.05, 3.63) is 48.0 Å². The Morgan fingerprint density at radius 1 is 1.15 bits per heavy atom.